The van der Waals surface area contributed by atoms with Crippen LogP contribution in [-0.4, -0.2) is 11.9 Å². The minimum absolute atomic E-state index is 0.0650. The number of hydrogen-bond acceptors (Lipinski definition) is 2. The van der Waals surface area contributed by atoms with E-state index in [4.69, 9.17) is 17.3 Å². The number of benzene rings is 2. The highest BCUT2D eigenvalue weighted by atomic mass is 35.5. The van der Waals surface area contributed by atoms with Gasteiger partial charge in [-0.1, -0.05) is 48.0 Å². The zero-order valence-corrected chi connectivity index (χ0v) is 12.7. The molecule has 0 fully saturated rings. The summed E-state index contributed by atoms with van der Waals surface area (Å²) in [5.41, 5.74) is 7.81. The normalized spacial score (nSPS) is 11.9. The molecule has 1 unspecified atom stereocenters. The minimum atomic E-state index is -0.187. The Balaban J connectivity index is 1.92. The van der Waals surface area contributed by atoms with Gasteiger partial charge in [-0.3, -0.25) is 4.79 Å². The molecule has 1 amide bonds. The molecule has 3 nitrogen and oxygen atoms in total. The number of halogens is 1. The molecular weight excluding hydrogens is 284 g/mol. The molecule has 0 aliphatic carbocycles. The maximum absolute atomic E-state index is 12.2. The Labute approximate surface area is 130 Å². The SMILES string of the molecule is CC(CCc1ccccc1)NC(=O)c1cccc(N)c1Cl. The molecule has 0 aromatic heterocycles. The van der Waals surface area contributed by atoms with Crippen LogP contribution in [0, 0.1) is 0 Å². The molecule has 0 aliphatic rings. The van der Waals surface area contributed by atoms with E-state index in [1.165, 1.54) is 5.56 Å². The number of hydrogen-bond donors (Lipinski definition) is 2. The molecule has 1 atom stereocenters. The summed E-state index contributed by atoms with van der Waals surface area (Å²) in [6, 6.07) is 15.4. The van der Waals surface area contributed by atoms with Crippen LogP contribution in [0.3, 0.4) is 0 Å². The fraction of sp³-hybridized carbons (Fsp3) is 0.235. The fourth-order valence-electron chi connectivity index (χ4n) is 2.13. The number of carbonyl (C=O) groups is 1. The Kier molecular flexibility index (Phi) is 5.23. The summed E-state index contributed by atoms with van der Waals surface area (Å²) < 4.78 is 0. The number of amides is 1. The van der Waals surface area contributed by atoms with Gasteiger partial charge in [0.15, 0.2) is 0 Å². The van der Waals surface area contributed by atoms with E-state index < -0.39 is 0 Å². The monoisotopic (exact) mass is 302 g/mol. The van der Waals surface area contributed by atoms with Crippen LogP contribution >= 0.6 is 11.6 Å². The van der Waals surface area contributed by atoms with Crippen molar-refractivity contribution in [1.29, 1.82) is 0 Å². The van der Waals surface area contributed by atoms with Gasteiger partial charge in [-0.2, -0.15) is 0 Å². The zero-order chi connectivity index (χ0) is 15.2. The van der Waals surface area contributed by atoms with Crippen molar-refractivity contribution in [2.24, 2.45) is 0 Å². The number of aryl methyl sites for hydroxylation is 1. The number of carbonyl (C=O) groups excluding carboxylic acids is 1. The molecule has 21 heavy (non-hydrogen) atoms. The van der Waals surface area contributed by atoms with E-state index in [9.17, 15) is 4.79 Å². The predicted octanol–water partition coefficient (Wildman–Crippen LogP) is 3.67. The van der Waals surface area contributed by atoms with Crippen molar-refractivity contribution in [3.05, 3.63) is 64.7 Å². The fourth-order valence-corrected chi connectivity index (χ4v) is 2.34. The van der Waals surface area contributed by atoms with Crippen molar-refractivity contribution in [3.63, 3.8) is 0 Å². The van der Waals surface area contributed by atoms with Crippen LogP contribution in [-0.2, 0) is 6.42 Å². The molecule has 2 aromatic rings. The van der Waals surface area contributed by atoms with E-state index in [2.05, 4.69) is 17.4 Å². The van der Waals surface area contributed by atoms with Gasteiger partial charge >= 0.3 is 0 Å². The van der Waals surface area contributed by atoms with Gasteiger partial charge in [0, 0.05) is 6.04 Å². The van der Waals surface area contributed by atoms with Crippen molar-refractivity contribution < 1.29 is 4.79 Å². The second-order valence-electron chi connectivity index (χ2n) is 5.11. The van der Waals surface area contributed by atoms with Crippen LogP contribution < -0.4 is 11.1 Å². The minimum Gasteiger partial charge on any atom is -0.398 e. The van der Waals surface area contributed by atoms with Crippen LogP contribution in [0.2, 0.25) is 5.02 Å². The highest BCUT2D eigenvalue weighted by Gasteiger charge is 2.14. The summed E-state index contributed by atoms with van der Waals surface area (Å²) in [7, 11) is 0. The molecule has 0 aliphatic heterocycles. The first-order valence-corrected chi connectivity index (χ1v) is 7.34. The molecule has 0 radical (unpaired) electrons. The maximum atomic E-state index is 12.2. The van der Waals surface area contributed by atoms with E-state index in [1.54, 1.807) is 18.2 Å². The molecule has 0 saturated carbocycles. The lowest BCUT2D eigenvalue weighted by Crippen LogP contribution is -2.33. The highest BCUT2D eigenvalue weighted by molar-refractivity contribution is 6.36. The smallest absolute Gasteiger partial charge is 0.253 e. The Morgan fingerprint density at radius 1 is 1.19 bits per heavy atom. The molecule has 2 aromatic carbocycles. The van der Waals surface area contributed by atoms with Crippen LogP contribution in [0.5, 0.6) is 0 Å². The molecule has 4 heteroatoms. The van der Waals surface area contributed by atoms with E-state index >= 15 is 0 Å². The van der Waals surface area contributed by atoms with E-state index in [1.807, 2.05) is 25.1 Å². The predicted molar refractivity (Wildman–Crippen MR) is 87.6 cm³/mol. The van der Waals surface area contributed by atoms with Gasteiger partial charge in [0.05, 0.1) is 16.3 Å². The summed E-state index contributed by atoms with van der Waals surface area (Å²) in [6.07, 6.45) is 1.79. The quantitative estimate of drug-likeness (QED) is 0.828. The third-order valence-corrected chi connectivity index (χ3v) is 3.78. The first kappa shape index (κ1) is 15.4. The number of nitrogen functional groups attached to an aromatic ring is 1. The number of nitrogens with one attached hydrogen (secondary N) is 1. The van der Waals surface area contributed by atoms with E-state index in [-0.39, 0.29) is 11.9 Å². The lowest BCUT2D eigenvalue weighted by atomic mass is 10.1. The lowest BCUT2D eigenvalue weighted by Gasteiger charge is -2.15. The van der Waals surface area contributed by atoms with Crippen LogP contribution in [0.25, 0.3) is 0 Å². The van der Waals surface area contributed by atoms with Crippen molar-refractivity contribution in [1.82, 2.24) is 5.32 Å². The van der Waals surface area contributed by atoms with Crippen LogP contribution in [0.1, 0.15) is 29.3 Å². The number of rotatable bonds is 5. The largest absolute Gasteiger partial charge is 0.398 e. The third-order valence-electron chi connectivity index (χ3n) is 3.36. The van der Waals surface area contributed by atoms with Crippen molar-refractivity contribution in [2.75, 3.05) is 5.73 Å². The average Bonchev–Trinajstić information content (AvgIpc) is 2.49. The summed E-state index contributed by atoms with van der Waals surface area (Å²) in [6.45, 7) is 1.99. The summed E-state index contributed by atoms with van der Waals surface area (Å²) >= 11 is 6.06. The Hall–Kier alpha value is -2.00. The molecule has 0 saturated heterocycles. The number of nitrogens with two attached hydrogens (primary N) is 1. The topological polar surface area (TPSA) is 55.1 Å². The van der Waals surface area contributed by atoms with Gasteiger partial charge < -0.3 is 11.1 Å². The maximum Gasteiger partial charge on any atom is 0.253 e. The second-order valence-corrected chi connectivity index (χ2v) is 5.49. The Morgan fingerprint density at radius 2 is 1.90 bits per heavy atom. The van der Waals surface area contributed by atoms with Gasteiger partial charge in [-0.05, 0) is 37.5 Å². The molecule has 0 heterocycles. The van der Waals surface area contributed by atoms with E-state index in [0.717, 1.165) is 12.8 Å². The van der Waals surface area contributed by atoms with Gasteiger partial charge in [-0.25, -0.2) is 0 Å². The van der Waals surface area contributed by atoms with Crippen molar-refractivity contribution in [2.45, 2.75) is 25.8 Å². The van der Waals surface area contributed by atoms with Gasteiger partial charge in [0.25, 0.3) is 5.91 Å². The lowest BCUT2D eigenvalue weighted by molar-refractivity contribution is 0.0938. The second kappa shape index (κ2) is 7.14. The molecular formula is C17H19ClN2O. The molecule has 2 rings (SSSR count). The van der Waals surface area contributed by atoms with Gasteiger partial charge in [-0.15, -0.1) is 0 Å². The van der Waals surface area contributed by atoms with Crippen molar-refractivity contribution >= 4 is 23.2 Å². The first-order valence-electron chi connectivity index (χ1n) is 6.96. The standard InChI is InChI=1S/C17H19ClN2O/c1-12(10-11-13-6-3-2-4-7-13)20-17(21)14-8-5-9-15(19)16(14)18/h2-9,12H,10-11,19H2,1H3,(H,20,21). The highest BCUT2D eigenvalue weighted by Crippen LogP contribution is 2.23. The van der Waals surface area contributed by atoms with Crippen LogP contribution in [0.15, 0.2) is 48.5 Å². The average molecular weight is 303 g/mol. The van der Waals surface area contributed by atoms with E-state index in [0.29, 0.717) is 16.3 Å². The zero-order valence-electron chi connectivity index (χ0n) is 12.0. The molecule has 3 N–H and O–H groups in total. The Morgan fingerprint density at radius 3 is 2.62 bits per heavy atom. The summed E-state index contributed by atoms with van der Waals surface area (Å²) in [5.74, 6) is -0.187. The molecule has 0 spiro atoms. The van der Waals surface area contributed by atoms with Gasteiger partial charge in [0.1, 0.15) is 0 Å². The van der Waals surface area contributed by atoms with Gasteiger partial charge in [0.2, 0.25) is 0 Å². The molecule has 0 bridgehead atoms. The third kappa shape index (κ3) is 4.23. The number of anilines is 1. The first-order chi connectivity index (χ1) is 10.1. The molecule has 110 valence electrons. The van der Waals surface area contributed by atoms with Crippen molar-refractivity contribution in [3.8, 4) is 0 Å². The van der Waals surface area contributed by atoms with Crippen LogP contribution in [0.4, 0.5) is 5.69 Å². The summed E-state index contributed by atoms with van der Waals surface area (Å²) in [4.78, 5) is 12.2. The Bertz CT molecular complexity index is 613. The summed E-state index contributed by atoms with van der Waals surface area (Å²) in [5, 5.41) is 3.27.